The van der Waals surface area contributed by atoms with Gasteiger partial charge in [0.05, 0.1) is 5.69 Å². The first-order valence-electron chi connectivity index (χ1n) is 7.95. The highest BCUT2D eigenvalue weighted by Crippen LogP contribution is 2.23. The van der Waals surface area contributed by atoms with Crippen LogP contribution in [0.4, 0.5) is 5.82 Å². The van der Waals surface area contributed by atoms with Crippen LogP contribution in [0, 0.1) is 13.8 Å². The Morgan fingerprint density at radius 1 is 1.16 bits per heavy atom. The predicted octanol–water partition coefficient (Wildman–Crippen LogP) is 3.25. The Balaban J connectivity index is 1.70. The first kappa shape index (κ1) is 17.4. The molecule has 0 saturated heterocycles. The molecule has 2 N–H and O–H groups in total. The van der Waals surface area contributed by atoms with E-state index < -0.39 is 5.60 Å². The lowest BCUT2D eigenvalue weighted by Gasteiger charge is -2.24. The molecule has 6 nitrogen and oxygen atoms in total. The summed E-state index contributed by atoms with van der Waals surface area (Å²) in [6.45, 7) is 5.91. The Labute approximate surface area is 151 Å². The molecule has 0 aliphatic heterocycles. The first-order valence-corrected chi connectivity index (χ1v) is 8.33. The van der Waals surface area contributed by atoms with Crippen LogP contribution in [0.1, 0.15) is 23.9 Å². The van der Waals surface area contributed by atoms with E-state index in [1.165, 1.54) is 0 Å². The number of aromatic nitrogens is 4. The van der Waals surface area contributed by atoms with Gasteiger partial charge in [-0.2, -0.15) is 5.10 Å². The van der Waals surface area contributed by atoms with Gasteiger partial charge < -0.3 is 10.4 Å². The molecular formula is C18H20ClN5O. The van der Waals surface area contributed by atoms with Crippen molar-refractivity contribution in [3.63, 3.8) is 0 Å². The largest absolute Gasteiger partial charge is 0.384 e. The number of benzene rings is 1. The van der Waals surface area contributed by atoms with Gasteiger partial charge in [-0.05, 0) is 56.7 Å². The first-order chi connectivity index (χ1) is 11.8. The third kappa shape index (κ3) is 3.97. The molecule has 7 heteroatoms. The van der Waals surface area contributed by atoms with Crippen LogP contribution in [-0.4, -0.2) is 31.6 Å². The summed E-state index contributed by atoms with van der Waals surface area (Å²) in [5, 5.41) is 27.1. The van der Waals surface area contributed by atoms with Gasteiger partial charge in [0.1, 0.15) is 11.4 Å². The summed E-state index contributed by atoms with van der Waals surface area (Å²) in [6, 6.07) is 12.8. The normalized spacial score (nSPS) is 13.5. The van der Waals surface area contributed by atoms with Crippen molar-refractivity contribution in [1.29, 1.82) is 0 Å². The van der Waals surface area contributed by atoms with Crippen molar-refractivity contribution >= 4 is 17.4 Å². The number of aliphatic hydroxyl groups is 1. The minimum Gasteiger partial charge on any atom is -0.384 e. The molecular weight excluding hydrogens is 338 g/mol. The zero-order valence-corrected chi connectivity index (χ0v) is 15.1. The monoisotopic (exact) mass is 357 g/mol. The molecule has 1 aromatic carbocycles. The third-order valence-corrected chi connectivity index (χ3v) is 4.17. The molecule has 0 spiro atoms. The Morgan fingerprint density at radius 3 is 2.56 bits per heavy atom. The number of rotatable bonds is 5. The van der Waals surface area contributed by atoms with Gasteiger partial charge >= 0.3 is 0 Å². The van der Waals surface area contributed by atoms with E-state index in [1.807, 2.05) is 44.2 Å². The van der Waals surface area contributed by atoms with Crippen molar-refractivity contribution in [2.24, 2.45) is 0 Å². The van der Waals surface area contributed by atoms with Crippen molar-refractivity contribution in [3.05, 3.63) is 64.4 Å². The smallest absolute Gasteiger partial charge is 0.176 e. The van der Waals surface area contributed by atoms with Crippen LogP contribution >= 0.6 is 11.6 Å². The lowest BCUT2D eigenvalue weighted by atomic mass is 9.96. The van der Waals surface area contributed by atoms with Crippen molar-refractivity contribution < 1.29 is 5.11 Å². The molecule has 0 fully saturated rings. The van der Waals surface area contributed by atoms with Crippen LogP contribution in [0.25, 0.3) is 5.82 Å². The minimum atomic E-state index is -1.08. The molecule has 0 saturated carbocycles. The zero-order chi connectivity index (χ0) is 18.0. The van der Waals surface area contributed by atoms with Gasteiger partial charge in [-0.3, -0.25) is 0 Å². The van der Waals surface area contributed by atoms with Crippen molar-refractivity contribution in [1.82, 2.24) is 20.0 Å². The van der Waals surface area contributed by atoms with Crippen LogP contribution in [0.15, 0.2) is 42.5 Å². The molecule has 2 heterocycles. The molecule has 3 aromatic rings. The van der Waals surface area contributed by atoms with Gasteiger partial charge in [-0.25, -0.2) is 4.68 Å². The Kier molecular flexibility index (Phi) is 4.74. The Morgan fingerprint density at radius 2 is 1.96 bits per heavy atom. The third-order valence-electron chi connectivity index (χ3n) is 3.94. The van der Waals surface area contributed by atoms with Crippen molar-refractivity contribution in [2.45, 2.75) is 26.4 Å². The fourth-order valence-corrected chi connectivity index (χ4v) is 2.77. The molecule has 130 valence electrons. The fourth-order valence-electron chi connectivity index (χ4n) is 2.58. The summed E-state index contributed by atoms with van der Waals surface area (Å²) in [4.78, 5) is 0. The lowest BCUT2D eigenvalue weighted by Crippen LogP contribution is -2.31. The second kappa shape index (κ2) is 6.82. The van der Waals surface area contributed by atoms with E-state index in [0.29, 0.717) is 16.7 Å². The summed E-state index contributed by atoms with van der Waals surface area (Å²) in [6.07, 6.45) is 0. The van der Waals surface area contributed by atoms with E-state index in [2.05, 4.69) is 20.6 Å². The molecule has 0 radical (unpaired) electrons. The van der Waals surface area contributed by atoms with E-state index in [-0.39, 0.29) is 6.54 Å². The second-order valence-electron chi connectivity index (χ2n) is 6.25. The van der Waals surface area contributed by atoms with Crippen molar-refractivity contribution in [3.8, 4) is 5.82 Å². The molecule has 0 aliphatic carbocycles. The van der Waals surface area contributed by atoms with E-state index in [4.69, 9.17) is 11.6 Å². The topological polar surface area (TPSA) is 75.9 Å². The van der Waals surface area contributed by atoms with Gasteiger partial charge in [0.25, 0.3) is 0 Å². The van der Waals surface area contributed by atoms with Crippen molar-refractivity contribution in [2.75, 3.05) is 11.9 Å². The van der Waals surface area contributed by atoms with E-state index >= 15 is 0 Å². The highest BCUT2D eigenvalue weighted by Gasteiger charge is 2.23. The van der Waals surface area contributed by atoms with Gasteiger partial charge in [-0.1, -0.05) is 23.7 Å². The molecule has 0 amide bonds. The Bertz CT molecular complexity index is 873. The number of nitrogens with one attached hydrogen (secondary N) is 1. The Hall–Kier alpha value is -2.44. The number of halogens is 1. The maximum absolute atomic E-state index is 10.7. The highest BCUT2D eigenvalue weighted by molar-refractivity contribution is 6.30. The zero-order valence-electron chi connectivity index (χ0n) is 14.4. The summed E-state index contributed by atoms with van der Waals surface area (Å²) in [7, 11) is 0. The maximum Gasteiger partial charge on any atom is 0.176 e. The fraction of sp³-hybridized carbons (Fsp3) is 0.278. The van der Waals surface area contributed by atoms with Crippen LogP contribution in [0.5, 0.6) is 0 Å². The summed E-state index contributed by atoms with van der Waals surface area (Å²) < 4.78 is 1.74. The van der Waals surface area contributed by atoms with Gasteiger partial charge in [-0.15, -0.1) is 10.2 Å². The van der Waals surface area contributed by atoms with Crippen LogP contribution < -0.4 is 5.32 Å². The van der Waals surface area contributed by atoms with E-state index in [9.17, 15) is 5.11 Å². The second-order valence-corrected chi connectivity index (χ2v) is 6.69. The summed E-state index contributed by atoms with van der Waals surface area (Å²) in [5.41, 5.74) is 1.58. The standard InChI is InChI=1S/C18H20ClN5O/c1-12-9-13(2)24(23-12)17-8-7-16(21-22-17)20-11-18(3,25)14-5-4-6-15(19)10-14/h4-10,25H,11H2,1-3H3,(H,20,21). The number of anilines is 1. The van der Waals surface area contributed by atoms with Crippen LogP contribution in [-0.2, 0) is 5.60 Å². The minimum absolute atomic E-state index is 0.279. The van der Waals surface area contributed by atoms with E-state index in [1.54, 1.807) is 23.7 Å². The maximum atomic E-state index is 10.7. The number of hydrogen-bond acceptors (Lipinski definition) is 5. The van der Waals surface area contributed by atoms with Gasteiger partial charge in [0, 0.05) is 17.3 Å². The van der Waals surface area contributed by atoms with E-state index in [0.717, 1.165) is 17.0 Å². The molecule has 0 aliphatic rings. The van der Waals surface area contributed by atoms with Crippen LogP contribution in [0.3, 0.4) is 0 Å². The quantitative estimate of drug-likeness (QED) is 0.733. The van der Waals surface area contributed by atoms with Crippen LogP contribution in [0.2, 0.25) is 5.02 Å². The SMILES string of the molecule is Cc1cc(C)n(-c2ccc(NCC(C)(O)c3cccc(Cl)c3)nn2)n1. The molecule has 25 heavy (non-hydrogen) atoms. The summed E-state index contributed by atoms with van der Waals surface area (Å²) >= 11 is 6.00. The molecule has 0 bridgehead atoms. The highest BCUT2D eigenvalue weighted by atomic mass is 35.5. The molecule has 1 unspecified atom stereocenters. The average Bonchev–Trinajstić information content (AvgIpc) is 2.92. The average molecular weight is 358 g/mol. The number of nitrogens with zero attached hydrogens (tertiary/aromatic N) is 4. The lowest BCUT2D eigenvalue weighted by molar-refractivity contribution is 0.0714. The number of hydrogen-bond donors (Lipinski definition) is 2. The number of aryl methyl sites for hydroxylation is 2. The molecule has 2 aromatic heterocycles. The summed E-state index contributed by atoms with van der Waals surface area (Å²) in [5.74, 6) is 1.23. The predicted molar refractivity (Wildman–Crippen MR) is 98.1 cm³/mol. The van der Waals surface area contributed by atoms with Gasteiger partial charge in [0.15, 0.2) is 5.82 Å². The molecule has 3 rings (SSSR count). The van der Waals surface area contributed by atoms with Gasteiger partial charge in [0.2, 0.25) is 0 Å². The molecule has 1 atom stereocenters.